The maximum absolute atomic E-state index is 13.2. The SMILES string of the molecule is O=C1c2cccc(C(F)(F)F)c2CN1c1cccc(C2CCC2)c1. The predicted octanol–water partition coefficient (Wildman–Crippen LogP) is 5.13. The van der Waals surface area contributed by atoms with E-state index in [1.165, 1.54) is 29.0 Å². The van der Waals surface area contributed by atoms with E-state index >= 15 is 0 Å². The Kier molecular flexibility index (Phi) is 3.41. The number of nitrogens with zero attached hydrogens (tertiary/aromatic N) is 1. The summed E-state index contributed by atoms with van der Waals surface area (Å²) in [5.41, 5.74) is 1.35. The average molecular weight is 331 g/mol. The van der Waals surface area contributed by atoms with Gasteiger partial charge in [0.15, 0.2) is 0 Å². The van der Waals surface area contributed by atoms with Crippen LogP contribution in [0.1, 0.15) is 52.2 Å². The van der Waals surface area contributed by atoms with Crippen molar-refractivity contribution in [3.8, 4) is 0 Å². The first kappa shape index (κ1) is 15.2. The molecule has 124 valence electrons. The number of hydrogen-bond donors (Lipinski definition) is 0. The van der Waals surface area contributed by atoms with Gasteiger partial charge in [-0.2, -0.15) is 13.2 Å². The molecule has 0 unspecified atom stereocenters. The number of carbonyl (C=O) groups is 1. The molecule has 2 aliphatic rings. The maximum atomic E-state index is 13.2. The van der Waals surface area contributed by atoms with E-state index in [9.17, 15) is 18.0 Å². The van der Waals surface area contributed by atoms with Gasteiger partial charge in [0, 0.05) is 11.3 Å². The maximum Gasteiger partial charge on any atom is 0.416 e. The van der Waals surface area contributed by atoms with E-state index in [0.717, 1.165) is 18.9 Å². The van der Waals surface area contributed by atoms with Gasteiger partial charge >= 0.3 is 6.18 Å². The summed E-state index contributed by atoms with van der Waals surface area (Å²) in [5, 5.41) is 0. The van der Waals surface area contributed by atoms with Gasteiger partial charge in [0.25, 0.3) is 5.91 Å². The largest absolute Gasteiger partial charge is 0.416 e. The van der Waals surface area contributed by atoms with Crippen molar-refractivity contribution in [2.45, 2.75) is 37.9 Å². The lowest BCUT2D eigenvalue weighted by Crippen LogP contribution is -2.23. The minimum absolute atomic E-state index is 0.0298. The van der Waals surface area contributed by atoms with Gasteiger partial charge in [-0.1, -0.05) is 24.6 Å². The molecule has 1 fully saturated rings. The second-order valence-corrected chi connectivity index (χ2v) is 6.44. The molecule has 0 bridgehead atoms. The Morgan fingerprint density at radius 2 is 1.79 bits per heavy atom. The molecule has 0 spiro atoms. The van der Waals surface area contributed by atoms with Crippen molar-refractivity contribution in [3.05, 3.63) is 64.7 Å². The molecule has 2 aromatic carbocycles. The van der Waals surface area contributed by atoms with Crippen LogP contribution in [0.3, 0.4) is 0 Å². The highest BCUT2D eigenvalue weighted by atomic mass is 19.4. The number of alkyl halides is 3. The highest BCUT2D eigenvalue weighted by Crippen LogP contribution is 2.40. The fourth-order valence-electron chi connectivity index (χ4n) is 3.50. The topological polar surface area (TPSA) is 20.3 Å². The minimum Gasteiger partial charge on any atom is -0.304 e. The van der Waals surface area contributed by atoms with E-state index in [4.69, 9.17) is 0 Å². The molecule has 5 heteroatoms. The molecule has 2 nitrogen and oxygen atoms in total. The van der Waals surface area contributed by atoms with Crippen molar-refractivity contribution in [1.82, 2.24) is 0 Å². The van der Waals surface area contributed by atoms with Gasteiger partial charge in [-0.15, -0.1) is 0 Å². The first-order valence-corrected chi connectivity index (χ1v) is 8.06. The number of rotatable bonds is 2. The lowest BCUT2D eigenvalue weighted by molar-refractivity contribution is -0.138. The molecule has 1 aliphatic heterocycles. The second kappa shape index (κ2) is 5.36. The van der Waals surface area contributed by atoms with Gasteiger partial charge in [0.2, 0.25) is 0 Å². The van der Waals surface area contributed by atoms with Crippen molar-refractivity contribution in [2.24, 2.45) is 0 Å². The predicted molar refractivity (Wildman–Crippen MR) is 85.0 cm³/mol. The number of amides is 1. The zero-order chi connectivity index (χ0) is 16.9. The molecule has 24 heavy (non-hydrogen) atoms. The standard InChI is InChI=1S/C19H16F3NO/c20-19(21,22)17-9-3-8-15-16(17)11-23(18(15)24)14-7-2-6-13(10-14)12-4-1-5-12/h2-3,6-10,12H,1,4-5,11H2. The van der Waals surface area contributed by atoms with Gasteiger partial charge in [-0.05, 0) is 54.2 Å². The Morgan fingerprint density at radius 3 is 2.46 bits per heavy atom. The summed E-state index contributed by atoms with van der Waals surface area (Å²) in [7, 11) is 0. The van der Waals surface area contributed by atoms with E-state index in [1.54, 1.807) is 6.07 Å². The van der Waals surface area contributed by atoms with Crippen molar-refractivity contribution in [1.29, 1.82) is 0 Å². The normalized spacial score (nSPS) is 17.8. The van der Waals surface area contributed by atoms with Crippen molar-refractivity contribution in [3.63, 3.8) is 0 Å². The van der Waals surface area contributed by atoms with Crippen molar-refractivity contribution < 1.29 is 18.0 Å². The number of anilines is 1. The zero-order valence-corrected chi connectivity index (χ0v) is 12.9. The third kappa shape index (κ3) is 2.39. The van der Waals surface area contributed by atoms with Crippen LogP contribution in [0.4, 0.5) is 18.9 Å². The third-order valence-corrected chi connectivity index (χ3v) is 5.03. The van der Waals surface area contributed by atoms with Crippen LogP contribution in [0.2, 0.25) is 0 Å². The van der Waals surface area contributed by atoms with Gasteiger partial charge in [-0.25, -0.2) is 0 Å². The Labute approximate surface area is 137 Å². The lowest BCUT2D eigenvalue weighted by Gasteiger charge is -2.27. The molecule has 0 atom stereocenters. The number of hydrogen-bond acceptors (Lipinski definition) is 1. The molecule has 1 saturated carbocycles. The van der Waals surface area contributed by atoms with E-state index in [1.807, 2.05) is 18.2 Å². The molecule has 4 rings (SSSR count). The molecular formula is C19H16F3NO. The second-order valence-electron chi connectivity index (χ2n) is 6.44. The molecule has 0 aromatic heterocycles. The summed E-state index contributed by atoms with van der Waals surface area (Å²) in [5.74, 6) is 0.151. The summed E-state index contributed by atoms with van der Waals surface area (Å²) in [6, 6.07) is 11.5. The smallest absolute Gasteiger partial charge is 0.304 e. The number of fused-ring (bicyclic) bond motifs is 1. The quantitative estimate of drug-likeness (QED) is 0.747. The van der Waals surface area contributed by atoms with Crippen LogP contribution < -0.4 is 4.90 Å². The molecule has 2 aromatic rings. The molecular weight excluding hydrogens is 315 g/mol. The van der Waals surface area contributed by atoms with E-state index < -0.39 is 11.7 Å². The summed E-state index contributed by atoms with van der Waals surface area (Å²) in [6.07, 6.45) is -0.973. The fourth-order valence-corrected chi connectivity index (χ4v) is 3.50. The van der Waals surface area contributed by atoms with Crippen LogP contribution in [-0.2, 0) is 12.7 Å². The molecule has 0 radical (unpaired) electrons. The zero-order valence-electron chi connectivity index (χ0n) is 12.9. The van der Waals surface area contributed by atoms with Crippen LogP contribution >= 0.6 is 0 Å². The van der Waals surface area contributed by atoms with Gasteiger partial charge < -0.3 is 4.90 Å². The van der Waals surface area contributed by atoms with E-state index in [2.05, 4.69) is 0 Å². The van der Waals surface area contributed by atoms with E-state index in [0.29, 0.717) is 11.6 Å². The molecule has 1 aliphatic carbocycles. The van der Waals surface area contributed by atoms with Crippen LogP contribution in [0.15, 0.2) is 42.5 Å². The monoisotopic (exact) mass is 331 g/mol. The number of halogens is 3. The Balaban J connectivity index is 1.71. The van der Waals surface area contributed by atoms with Gasteiger partial charge in [0.1, 0.15) is 0 Å². The van der Waals surface area contributed by atoms with E-state index in [-0.39, 0.29) is 23.6 Å². The summed E-state index contributed by atoms with van der Waals surface area (Å²) >= 11 is 0. The average Bonchev–Trinajstić information content (AvgIpc) is 2.82. The van der Waals surface area contributed by atoms with Crippen LogP contribution in [0.5, 0.6) is 0 Å². The van der Waals surface area contributed by atoms with Crippen LogP contribution in [-0.4, -0.2) is 5.91 Å². The molecule has 0 saturated heterocycles. The molecule has 1 amide bonds. The summed E-state index contributed by atoms with van der Waals surface area (Å²) in [4.78, 5) is 14.0. The van der Waals surface area contributed by atoms with Crippen LogP contribution in [0, 0.1) is 0 Å². The van der Waals surface area contributed by atoms with Gasteiger partial charge in [0.05, 0.1) is 12.1 Å². The van der Waals surface area contributed by atoms with Gasteiger partial charge in [-0.3, -0.25) is 4.79 Å². The highest BCUT2D eigenvalue weighted by molar-refractivity contribution is 6.10. The fraction of sp³-hybridized carbons (Fsp3) is 0.316. The summed E-state index contributed by atoms with van der Waals surface area (Å²) in [6.45, 7) is -0.0298. The lowest BCUT2D eigenvalue weighted by atomic mass is 9.80. The Bertz CT molecular complexity index is 808. The Morgan fingerprint density at radius 1 is 1.04 bits per heavy atom. The molecule has 1 heterocycles. The van der Waals surface area contributed by atoms with Crippen LogP contribution in [0.25, 0.3) is 0 Å². The highest BCUT2D eigenvalue weighted by Gasteiger charge is 2.39. The minimum atomic E-state index is -4.45. The summed E-state index contributed by atoms with van der Waals surface area (Å²) < 4.78 is 39.6. The first-order chi connectivity index (χ1) is 11.4. The Hall–Kier alpha value is -2.30. The first-order valence-electron chi connectivity index (χ1n) is 8.06. The molecule has 0 N–H and O–H groups in total. The number of carbonyl (C=O) groups excluding carboxylic acids is 1. The van der Waals surface area contributed by atoms with Crippen molar-refractivity contribution in [2.75, 3.05) is 4.90 Å². The number of benzene rings is 2. The third-order valence-electron chi connectivity index (χ3n) is 5.03. The van der Waals surface area contributed by atoms with Crippen molar-refractivity contribution >= 4 is 11.6 Å².